The van der Waals surface area contributed by atoms with E-state index < -0.39 is 0 Å². The number of methoxy groups -OCH3 is 1. The highest BCUT2D eigenvalue weighted by molar-refractivity contribution is 9.10. The first-order valence-electron chi connectivity index (χ1n) is 6.29. The fourth-order valence-corrected chi connectivity index (χ4v) is 2.29. The molecule has 0 radical (unpaired) electrons. The van der Waals surface area contributed by atoms with Crippen molar-refractivity contribution in [3.8, 4) is 5.75 Å². The van der Waals surface area contributed by atoms with Gasteiger partial charge in [0.1, 0.15) is 5.75 Å². The highest BCUT2D eigenvalue weighted by Gasteiger charge is 2.14. The highest BCUT2D eigenvalue weighted by Crippen LogP contribution is 2.30. The van der Waals surface area contributed by atoms with E-state index in [4.69, 9.17) is 4.74 Å². The molecule has 0 aliphatic carbocycles. The van der Waals surface area contributed by atoms with Gasteiger partial charge in [0, 0.05) is 16.1 Å². The molecule has 0 saturated heterocycles. The van der Waals surface area contributed by atoms with Crippen LogP contribution < -0.4 is 10.1 Å². The van der Waals surface area contributed by atoms with Gasteiger partial charge in [0.25, 0.3) is 0 Å². The average Bonchev–Trinajstić information content (AvgIpc) is 2.34. The molecular formula is C14H22BrNO. The van der Waals surface area contributed by atoms with Gasteiger partial charge in [0.2, 0.25) is 0 Å². The Hall–Kier alpha value is -0.540. The predicted molar refractivity (Wildman–Crippen MR) is 76.6 cm³/mol. The quantitative estimate of drug-likeness (QED) is 0.810. The second-order valence-electron chi connectivity index (χ2n) is 4.18. The lowest BCUT2D eigenvalue weighted by atomic mass is 10.0. The molecule has 0 heterocycles. The maximum atomic E-state index is 5.46. The highest BCUT2D eigenvalue weighted by atomic mass is 79.9. The Morgan fingerprint density at radius 1 is 1.29 bits per heavy atom. The SMILES string of the molecule is CCCNC(CCC)c1ccc(Br)cc1OC. The molecule has 0 fully saturated rings. The minimum Gasteiger partial charge on any atom is -0.496 e. The summed E-state index contributed by atoms with van der Waals surface area (Å²) in [4.78, 5) is 0. The monoisotopic (exact) mass is 299 g/mol. The molecule has 3 heteroatoms. The first kappa shape index (κ1) is 14.5. The molecule has 1 N–H and O–H groups in total. The third-order valence-electron chi connectivity index (χ3n) is 2.79. The van der Waals surface area contributed by atoms with Crippen LogP contribution in [0, 0.1) is 0 Å². The molecule has 17 heavy (non-hydrogen) atoms. The zero-order chi connectivity index (χ0) is 12.7. The summed E-state index contributed by atoms with van der Waals surface area (Å²) >= 11 is 3.48. The summed E-state index contributed by atoms with van der Waals surface area (Å²) < 4.78 is 6.52. The van der Waals surface area contributed by atoms with E-state index in [0.29, 0.717) is 6.04 Å². The Morgan fingerprint density at radius 3 is 2.65 bits per heavy atom. The topological polar surface area (TPSA) is 21.3 Å². The van der Waals surface area contributed by atoms with Crippen molar-refractivity contribution in [3.63, 3.8) is 0 Å². The van der Waals surface area contributed by atoms with Gasteiger partial charge in [-0.2, -0.15) is 0 Å². The summed E-state index contributed by atoms with van der Waals surface area (Å²) in [6.07, 6.45) is 3.46. The molecule has 0 aliphatic heterocycles. The summed E-state index contributed by atoms with van der Waals surface area (Å²) in [5.74, 6) is 0.960. The van der Waals surface area contributed by atoms with Crippen LogP contribution in [0.1, 0.15) is 44.7 Å². The van der Waals surface area contributed by atoms with E-state index in [1.807, 2.05) is 6.07 Å². The largest absolute Gasteiger partial charge is 0.496 e. The van der Waals surface area contributed by atoms with Gasteiger partial charge in [0.05, 0.1) is 7.11 Å². The fourth-order valence-electron chi connectivity index (χ4n) is 1.95. The molecule has 1 aromatic carbocycles. The first-order valence-corrected chi connectivity index (χ1v) is 7.09. The average molecular weight is 300 g/mol. The summed E-state index contributed by atoms with van der Waals surface area (Å²) in [5.41, 5.74) is 1.26. The van der Waals surface area contributed by atoms with Crippen LogP contribution in [0.3, 0.4) is 0 Å². The van der Waals surface area contributed by atoms with E-state index in [9.17, 15) is 0 Å². The van der Waals surface area contributed by atoms with Crippen molar-refractivity contribution in [1.29, 1.82) is 0 Å². The van der Waals surface area contributed by atoms with Crippen molar-refractivity contribution in [1.82, 2.24) is 5.32 Å². The second-order valence-corrected chi connectivity index (χ2v) is 5.10. The molecule has 1 atom stereocenters. The smallest absolute Gasteiger partial charge is 0.124 e. The van der Waals surface area contributed by atoms with Crippen LogP contribution in [0.15, 0.2) is 22.7 Å². The van der Waals surface area contributed by atoms with Crippen molar-refractivity contribution in [2.24, 2.45) is 0 Å². The zero-order valence-electron chi connectivity index (χ0n) is 10.9. The molecule has 0 aromatic heterocycles. The third kappa shape index (κ3) is 4.32. The molecule has 0 bridgehead atoms. The summed E-state index contributed by atoms with van der Waals surface area (Å²) in [7, 11) is 1.73. The number of benzene rings is 1. The Morgan fingerprint density at radius 2 is 2.06 bits per heavy atom. The van der Waals surface area contributed by atoms with Crippen molar-refractivity contribution < 1.29 is 4.74 Å². The van der Waals surface area contributed by atoms with Gasteiger partial charge >= 0.3 is 0 Å². The molecule has 0 amide bonds. The van der Waals surface area contributed by atoms with Gasteiger partial charge in [-0.05, 0) is 31.5 Å². The standard InChI is InChI=1S/C14H22BrNO/c1-4-6-13(16-9-5-2)12-8-7-11(15)10-14(12)17-3/h7-8,10,13,16H,4-6,9H2,1-3H3. The van der Waals surface area contributed by atoms with E-state index in [1.54, 1.807) is 7.11 Å². The van der Waals surface area contributed by atoms with Crippen LogP contribution in [-0.2, 0) is 0 Å². The lowest BCUT2D eigenvalue weighted by Gasteiger charge is -2.21. The van der Waals surface area contributed by atoms with Crippen molar-refractivity contribution in [2.45, 2.75) is 39.2 Å². The van der Waals surface area contributed by atoms with E-state index in [2.05, 4.69) is 47.2 Å². The fraction of sp³-hybridized carbons (Fsp3) is 0.571. The number of hydrogen-bond donors (Lipinski definition) is 1. The Labute approximate surface area is 113 Å². The van der Waals surface area contributed by atoms with Crippen LogP contribution >= 0.6 is 15.9 Å². The van der Waals surface area contributed by atoms with E-state index in [0.717, 1.165) is 29.6 Å². The summed E-state index contributed by atoms with van der Waals surface area (Å²) in [6.45, 7) is 5.45. The number of rotatable bonds is 7. The summed E-state index contributed by atoms with van der Waals surface area (Å²) in [6, 6.07) is 6.65. The second kappa shape index (κ2) is 7.72. The van der Waals surface area contributed by atoms with E-state index >= 15 is 0 Å². The van der Waals surface area contributed by atoms with Gasteiger partial charge in [-0.1, -0.05) is 42.3 Å². The van der Waals surface area contributed by atoms with Crippen LogP contribution in [0.5, 0.6) is 5.75 Å². The van der Waals surface area contributed by atoms with Crippen molar-refractivity contribution in [3.05, 3.63) is 28.2 Å². The minimum absolute atomic E-state index is 0.392. The molecular weight excluding hydrogens is 278 g/mol. The Bertz CT molecular complexity index is 341. The van der Waals surface area contributed by atoms with Crippen molar-refractivity contribution >= 4 is 15.9 Å². The van der Waals surface area contributed by atoms with Gasteiger partial charge in [-0.15, -0.1) is 0 Å². The van der Waals surface area contributed by atoms with Crippen LogP contribution in [0.4, 0.5) is 0 Å². The minimum atomic E-state index is 0.392. The predicted octanol–water partition coefficient (Wildman–Crippen LogP) is 4.30. The molecule has 0 spiro atoms. The third-order valence-corrected chi connectivity index (χ3v) is 3.28. The van der Waals surface area contributed by atoms with E-state index in [-0.39, 0.29) is 0 Å². The van der Waals surface area contributed by atoms with Crippen molar-refractivity contribution in [2.75, 3.05) is 13.7 Å². The lowest BCUT2D eigenvalue weighted by Crippen LogP contribution is -2.22. The summed E-state index contributed by atoms with van der Waals surface area (Å²) in [5, 5.41) is 3.59. The molecule has 96 valence electrons. The van der Waals surface area contributed by atoms with Crippen LogP contribution in [0.2, 0.25) is 0 Å². The number of nitrogens with one attached hydrogen (secondary N) is 1. The first-order chi connectivity index (χ1) is 8.22. The molecule has 1 aromatic rings. The maximum absolute atomic E-state index is 5.46. The van der Waals surface area contributed by atoms with Gasteiger partial charge < -0.3 is 10.1 Å². The normalized spacial score (nSPS) is 12.5. The van der Waals surface area contributed by atoms with E-state index in [1.165, 1.54) is 12.0 Å². The van der Waals surface area contributed by atoms with Gasteiger partial charge in [-0.25, -0.2) is 0 Å². The molecule has 2 nitrogen and oxygen atoms in total. The lowest BCUT2D eigenvalue weighted by molar-refractivity contribution is 0.394. The number of halogens is 1. The van der Waals surface area contributed by atoms with Gasteiger partial charge in [0.15, 0.2) is 0 Å². The molecule has 1 unspecified atom stereocenters. The maximum Gasteiger partial charge on any atom is 0.124 e. The Balaban J connectivity index is 2.91. The molecule has 0 aliphatic rings. The van der Waals surface area contributed by atoms with Crippen LogP contribution in [-0.4, -0.2) is 13.7 Å². The molecule has 0 saturated carbocycles. The van der Waals surface area contributed by atoms with Crippen LogP contribution in [0.25, 0.3) is 0 Å². The number of hydrogen-bond acceptors (Lipinski definition) is 2. The zero-order valence-corrected chi connectivity index (χ0v) is 12.5. The van der Waals surface area contributed by atoms with Gasteiger partial charge in [-0.3, -0.25) is 0 Å². The molecule has 1 rings (SSSR count). The number of ether oxygens (including phenoxy) is 1. The Kier molecular flexibility index (Phi) is 6.60.